The minimum absolute atomic E-state index is 0.213. The number of benzene rings is 1. The Morgan fingerprint density at radius 1 is 1.10 bits per heavy atom. The highest BCUT2D eigenvalue weighted by atomic mass is 35.5. The number of hydrogen-bond donors (Lipinski definition) is 0. The van der Waals surface area contributed by atoms with Gasteiger partial charge in [0.2, 0.25) is 0 Å². The van der Waals surface area contributed by atoms with Crippen LogP contribution in [0, 0.1) is 17.2 Å². The first-order chi connectivity index (χ1) is 19.9. The molecule has 1 unspecified atom stereocenters. The van der Waals surface area contributed by atoms with Crippen LogP contribution in [0.4, 0.5) is 5.82 Å². The first kappa shape index (κ1) is 27.6. The van der Waals surface area contributed by atoms with Crippen molar-refractivity contribution < 1.29 is 14.2 Å². The monoisotopic (exact) mass is 592 g/mol. The molecule has 3 aromatic heterocycles. The van der Waals surface area contributed by atoms with Gasteiger partial charge in [-0.2, -0.15) is 10.4 Å². The van der Waals surface area contributed by atoms with Crippen LogP contribution in [-0.2, 0) is 4.74 Å². The van der Waals surface area contributed by atoms with E-state index in [1.54, 1.807) is 25.7 Å². The van der Waals surface area contributed by atoms with Crippen molar-refractivity contribution in [1.82, 2.24) is 19.7 Å². The topological polar surface area (TPSA) is 98.3 Å². The fourth-order valence-corrected chi connectivity index (χ4v) is 6.27. The number of halogens is 2. The third-order valence-electron chi connectivity index (χ3n) is 7.64. The highest BCUT2D eigenvalue weighted by Crippen LogP contribution is 2.42. The second-order valence-electron chi connectivity index (χ2n) is 10.6. The molecular formula is C30H30Cl2N6O3. The van der Waals surface area contributed by atoms with E-state index in [4.69, 9.17) is 47.5 Å². The van der Waals surface area contributed by atoms with Gasteiger partial charge in [0.1, 0.15) is 23.7 Å². The van der Waals surface area contributed by atoms with E-state index in [-0.39, 0.29) is 6.23 Å². The lowest BCUT2D eigenvalue weighted by Crippen LogP contribution is -2.46. The van der Waals surface area contributed by atoms with Crippen LogP contribution in [0.2, 0.25) is 10.0 Å². The molecule has 0 radical (unpaired) electrons. The van der Waals surface area contributed by atoms with Crippen molar-refractivity contribution in [3.8, 4) is 28.8 Å². The van der Waals surface area contributed by atoms with E-state index < -0.39 is 6.10 Å². The zero-order valence-corrected chi connectivity index (χ0v) is 24.6. The second-order valence-corrected chi connectivity index (χ2v) is 11.4. The van der Waals surface area contributed by atoms with E-state index in [2.05, 4.69) is 22.9 Å². The minimum atomic E-state index is -0.491. The summed E-state index contributed by atoms with van der Waals surface area (Å²) in [6, 6.07) is 8.02. The molecule has 5 heterocycles. The van der Waals surface area contributed by atoms with Gasteiger partial charge in [0.05, 0.1) is 28.2 Å². The van der Waals surface area contributed by atoms with E-state index >= 15 is 0 Å². The van der Waals surface area contributed by atoms with E-state index in [0.29, 0.717) is 56.7 Å². The van der Waals surface area contributed by atoms with E-state index in [1.807, 2.05) is 29.8 Å². The normalized spacial score (nSPS) is 18.1. The Morgan fingerprint density at radius 2 is 1.88 bits per heavy atom. The summed E-state index contributed by atoms with van der Waals surface area (Å²) in [6.07, 6.45) is 7.09. The molecule has 0 amide bonds. The van der Waals surface area contributed by atoms with Crippen molar-refractivity contribution in [1.29, 1.82) is 5.26 Å². The number of pyridine rings is 2. The van der Waals surface area contributed by atoms with Crippen LogP contribution in [-0.4, -0.2) is 46.6 Å². The molecule has 0 bridgehead atoms. The lowest BCUT2D eigenvalue weighted by molar-refractivity contribution is -0.0365. The van der Waals surface area contributed by atoms with Gasteiger partial charge in [0.25, 0.3) is 0 Å². The predicted molar refractivity (Wildman–Crippen MR) is 158 cm³/mol. The molecule has 0 spiro atoms. The molecule has 0 aliphatic carbocycles. The number of anilines is 1. The smallest absolute Gasteiger partial charge is 0.162 e. The van der Waals surface area contributed by atoms with E-state index in [0.717, 1.165) is 48.8 Å². The lowest BCUT2D eigenvalue weighted by atomic mass is 10.0. The Morgan fingerprint density at radius 3 is 2.54 bits per heavy atom. The first-order valence-electron chi connectivity index (χ1n) is 13.7. The van der Waals surface area contributed by atoms with Crippen LogP contribution >= 0.6 is 23.2 Å². The summed E-state index contributed by atoms with van der Waals surface area (Å²) < 4.78 is 20.2. The average Bonchev–Trinajstić information content (AvgIpc) is 3.33. The van der Waals surface area contributed by atoms with Crippen molar-refractivity contribution in [2.24, 2.45) is 5.92 Å². The fourth-order valence-electron chi connectivity index (χ4n) is 5.60. The third-order valence-corrected chi connectivity index (χ3v) is 8.25. The van der Waals surface area contributed by atoms with Crippen molar-refractivity contribution in [3.05, 3.63) is 58.0 Å². The number of hydrogen-bond acceptors (Lipinski definition) is 8. The highest BCUT2D eigenvalue weighted by molar-refractivity contribution is 6.35. The third kappa shape index (κ3) is 5.16. The van der Waals surface area contributed by atoms with Gasteiger partial charge in [-0.1, -0.05) is 30.1 Å². The maximum Gasteiger partial charge on any atom is 0.162 e. The SMILES string of the molecule is COc1cc2c(cc1O[C@H](C)c1c(Cl)cncc1Cl)c(-c1cnc(N3CC(C)C3)c(C#N)c1)nn2C1CCCCO1. The predicted octanol–water partition coefficient (Wildman–Crippen LogP) is 6.98. The van der Waals surface area contributed by atoms with Crippen molar-refractivity contribution >= 4 is 39.9 Å². The zero-order chi connectivity index (χ0) is 28.7. The molecule has 2 fully saturated rings. The molecule has 2 aliphatic rings. The maximum atomic E-state index is 9.99. The largest absolute Gasteiger partial charge is 0.493 e. The van der Waals surface area contributed by atoms with Crippen molar-refractivity contribution in [2.45, 2.75) is 45.4 Å². The minimum Gasteiger partial charge on any atom is -0.493 e. The molecule has 41 heavy (non-hydrogen) atoms. The Hall–Kier alpha value is -3.58. The molecule has 6 rings (SSSR count). The molecular weight excluding hydrogens is 563 g/mol. The molecule has 11 heteroatoms. The summed E-state index contributed by atoms with van der Waals surface area (Å²) in [5.41, 5.74) is 3.41. The molecule has 4 aromatic rings. The number of ether oxygens (including phenoxy) is 3. The highest BCUT2D eigenvalue weighted by Gasteiger charge is 2.28. The zero-order valence-electron chi connectivity index (χ0n) is 23.1. The van der Waals surface area contributed by atoms with E-state index in [9.17, 15) is 5.26 Å². The van der Waals surface area contributed by atoms with E-state index in [1.165, 1.54) is 0 Å². The average molecular weight is 594 g/mol. The van der Waals surface area contributed by atoms with Gasteiger partial charge in [-0.15, -0.1) is 0 Å². The Kier molecular flexibility index (Phi) is 7.64. The number of fused-ring (bicyclic) bond motifs is 1. The summed E-state index contributed by atoms with van der Waals surface area (Å²) in [5, 5.41) is 16.7. The summed E-state index contributed by atoms with van der Waals surface area (Å²) in [7, 11) is 1.60. The van der Waals surface area contributed by atoms with Crippen LogP contribution in [0.15, 0.2) is 36.8 Å². The summed E-state index contributed by atoms with van der Waals surface area (Å²) in [5.74, 6) is 2.33. The molecule has 0 N–H and O–H groups in total. The number of nitrogens with zero attached hydrogens (tertiary/aromatic N) is 6. The van der Waals surface area contributed by atoms with Gasteiger partial charge in [-0.25, -0.2) is 9.67 Å². The number of methoxy groups -OCH3 is 1. The Labute approximate surface area is 248 Å². The van der Waals surface area contributed by atoms with Gasteiger partial charge in [-0.05, 0) is 44.2 Å². The first-order valence-corrected chi connectivity index (χ1v) is 14.5. The van der Waals surface area contributed by atoms with Gasteiger partial charge in [0.15, 0.2) is 17.7 Å². The summed E-state index contributed by atoms with van der Waals surface area (Å²) >= 11 is 12.8. The van der Waals surface area contributed by atoms with Crippen LogP contribution in [0.25, 0.3) is 22.2 Å². The molecule has 2 atom stereocenters. The second kappa shape index (κ2) is 11.4. The number of nitriles is 1. The summed E-state index contributed by atoms with van der Waals surface area (Å²) in [4.78, 5) is 10.9. The van der Waals surface area contributed by atoms with Gasteiger partial charge in [-0.3, -0.25) is 4.98 Å². The van der Waals surface area contributed by atoms with Crippen LogP contribution < -0.4 is 14.4 Å². The van der Waals surface area contributed by atoms with Crippen LogP contribution in [0.1, 0.15) is 56.6 Å². The van der Waals surface area contributed by atoms with Crippen LogP contribution in [0.5, 0.6) is 11.5 Å². The molecule has 212 valence electrons. The van der Waals surface area contributed by atoms with Crippen molar-refractivity contribution in [3.63, 3.8) is 0 Å². The molecule has 2 saturated heterocycles. The quantitative estimate of drug-likeness (QED) is 0.227. The van der Waals surface area contributed by atoms with Gasteiger partial charge < -0.3 is 19.1 Å². The standard InChI is InChI=1S/C30H30Cl2N6O3/c1-17-15-37(16-17)30-19(11-33)8-20(12-35-30)29-21-9-26(41-18(2)28-22(31)13-34-14-23(28)32)25(39-3)10-24(21)38(36-29)27-6-4-5-7-40-27/h8-10,12-14,17-18,27H,4-7,15-16H2,1-3H3/t18-,27?/m1/s1. The Balaban J connectivity index is 1.47. The van der Waals surface area contributed by atoms with Gasteiger partial charge >= 0.3 is 0 Å². The number of rotatable bonds is 7. The summed E-state index contributed by atoms with van der Waals surface area (Å²) in [6.45, 7) is 6.52. The maximum absolute atomic E-state index is 9.99. The number of aromatic nitrogens is 4. The molecule has 9 nitrogen and oxygen atoms in total. The molecule has 0 saturated carbocycles. The Bertz CT molecular complexity index is 1620. The van der Waals surface area contributed by atoms with Crippen molar-refractivity contribution in [2.75, 3.05) is 31.7 Å². The lowest BCUT2D eigenvalue weighted by Gasteiger charge is -2.38. The van der Waals surface area contributed by atoms with Crippen LogP contribution in [0.3, 0.4) is 0 Å². The molecule has 1 aromatic carbocycles. The molecule has 2 aliphatic heterocycles. The van der Waals surface area contributed by atoms with Gasteiger partial charge in [0, 0.05) is 60.9 Å². The fraction of sp³-hybridized carbons (Fsp3) is 0.400.